The van der Waals surface area contributed by atoms with Gasteiger partial charge >= 0.3 is 0 Å². The second-order valence-corrected chi connectivity index (χ2v) is 6.53. The molecule has 1 heterocycles. The summed E-state index contributed by atoms with van der Waals surface area (Å²) in [5, 5.41) is 9.06. The Morgan fingerprint density at radius 3 is 2.88 bits per heavy atom. The minimum absolute atomic E-state index is 0.527. The Morgan fingerprint density at radius 2 is 2.25 bits per heavy atom. The van der Waals surface area contributed by atoms with Gasteiger partial charge in [0.15, 0.2) is 4.34 Å². The Hall–Kier alpha value is -0.430. The Bertz CT molecular complexity index is 499. The van der Waals surface area contributed by atoms with Gasteiger partial charge in [-0.05, 0) is 30.7 Å². The van der Waals surface area contributed by atoms with E-state index in [2.05, 4.69) is 26.1 Å². The minimum Gasteiger partial charge on any atom is -0.326 e. The van der Waals surface area contributed by atoms with Gasteiger partial charge in [-0.25, -0.2) is 0 Å². The Kier molecular flexibility index (Phi) is 3.96. The van der Waals surface area contributed by atoms with Crippen molar-refractivity contribution in [2.45, 2.75) is 22.7 Å². The largest absolute Gasteiger partial charge is 0.326 e. The van der Waals surface area contributed by atoms with Crippen molar-refractivity contribution in [3.05, 3.63) is 33.2 Å². The Labute approximate surface area is 111 Å². The second-order valence-electron chi connectivity index (χ2n) is 3.15. The van der Waals surface area contributed by atoms with Crippen LogP contribution in [0.5, 0.6) is 0 Å². The SMILES string of the molecule is Cc1nnc(Sc2ccc(Br)cc2CN)s1. The lowest BCUT2D eigenvalue weighted by molar-refractivity contribution is 0.979. The number of hydrogen-bond donors (Lipinski definition) is 1. The number of aromatic nitrogens is 2. The first-order chi connectivity index (χ1) is 7.69. The van der Waals surface area contributed by atoms with Gasteiger partial charge in [-0.3, -0.25) is 0 Å². The van der Waals surface area contributed by atoms with Gasteiger partial charge in [-0.2, -0.15) is 0 Å². The normalized spacial score (nSPS) is 10.7. The summed E-state index contributed by atoms with van der Waals surface area (Å²) in [7, 11) is 0. The monoisotopic (exact) mass is 315 g/mol. The lowest BCUT2D eigenvalue weighted by atomic mass is 10.2. The van der Waals surface area contributed by atoms with Gasteiger partial charge < -0.3 is 5.73 Å². The molecule has 0 amide bonds. The molecule has 0 bridgehead atoms. The molecule has 0 radical (unpaired) electrons. The third kappa shape index (κ3) is 2.82. The molecule has 0 atom stereocenters. The zero-order valence-corrected chi connectivity index (χ0v) is 11.8. The molecule has 2 aromatic rings. The summed E-state index contributed by atoms with van der Waals surface area (Å²) in [6.07, 6.45) is 0. The molecule has 0 aliphatic heterocycles. The topological polar surface area (TPSA) is 51.8 Å². The zero-order valence-electron chi connectivity index (χ0n) is 8.61. The van der Waals surface area contributed by atoms with E-state index in [1.54, 1.807) is 23.1 Å². The highest BCUT2D eigenvalue weighted by Gasteiger charge is 2.07. The van der Waals surface area contributed by atoms with Crippen LogP contribution in [0.15, 0.2) is 31.9 Å². The molecule has 84 valence electrons. The van der Waals surface area contributed by atoms with Gasteiger partial charge in [-0.1, -0.05) is 39.0 Å². The average Bonchev–Trinajstić information content (AvgIpc) is 2.67. The molecular formula is C10H10BrN3S2. The first-order valence-electron chi connectivity index (χ1n) is 4.65. The maximum Gasteiger partial charge on any atom is 0.179 e. The van der Waals surface area contributed by atoms with Crippen molar-refractivity contribution < 1.29 is 0 Å². The summed E-state index contributed by atoms with van der Waals surface area (Å²) in [4.78, 5) is 1.14. The van der Waals surface area contributed by atoms with Gasteiger partial charge in [0.05, 0.1) is 0 Å². The molecular weight excluding hydrogens is 306 g/mol. The fourth-order valence-electron chi connectivity index (χ4n) is 1.22. The molecule has 0 aliphatic carbocycles. The highest BCUT2D eigenvalue weighted by molar-refractivity contribution is 9.10. The number of aryl methyl sites for hydroxylation is 1. The second kappa shape index (κ2) is 5.27. The van der Waals surface area contributed by atoms with E-state index in [1.165, 1.54) is 0 Å². The van der Waals surface area contributed by atoms with Gasteiger partial charge in [0.25, 0.3) is 0 Å². The minimum atomic E-state index is 0.527. The van der Waals surface area contributed by atoms with Crippen molar-refractivity contribution >= 4 is 39.0 Å². The number of rotatable bonds is 3. The van der Waals surface area contributed by atoms with Gasteiger partial charge in [0.1, 0.15) is 5.01 Å². The number of benzene rings is 1. The smallest absolute Gasteiger partial charge is 0.179 e. The number of hydrogen-bond acceptors (Lipinski definition) is 5. The van der Waals surface area contributed by atoms with E-state index in [9.17, 15) is 0 Å². The maximum atomic E-state index is 5.71. The first-order valence-corrected chi connectivity index (χ1v) is 7.08. The standard InChI is InChI=1S/C10H10BrN3S2/c1-6-13-14-10(15-6)16-9-3-2-8(11)4-7(9)5-12/h2-4H,5,12H2,1H3. The maximum absolute atomic E-state index is 5.71. The summed E-state index contributed by atoms with van der Waals surface area (Å²) in [6, 6.07) is 6.10. The van der Waals surface area contributed by atoms with Crippen LogP contribution in [-0.4, -0.2) is 10.2 Å². The third-order valence-electron chi connectivity index (χ3n) is 1.95. The molecule has 0 saturated carbocycles. The highest BCUT2D eigenvalue weighted by Crippen LogP contribution is 2.33. The van der Waals surface area contributed by atoms with Crippen molar-refractivity contribution in [1.82, 2.24) is 10.2 Å². The molecule has 6 heteroatoms. The van der Waals surface area contributed by atoms with Crippen LogP contribution < -0.4 is 5.73 Å². The van der Waals surface area contributed by atoms with Crippen LogP contribution in [-0.2, 0) is 6.54 Å². The van der Waals surface area contributed by atoms with E-state index in [0.717, 1.165) is 24.3 Å². The van der Waals surface area contributed by atoms with E-state index in [4.69, 9.17) is 5.73 Å². The average molecular weight is 316 g/mol. The Morgan fingerprint density at radius 1 is 1.44 bits per heavy atom. The summed E-state index contributed by atoms with van der Waals surface area (Å²) in [5.74, 6) is 0. The van der Waals surface area contributed by atoms with Crippen molar-refractivity contribution in [3.63, 3.8) is 0 Å². The van der Waals surface area contributed by atoms with Gasteiger partial charge in [0.2, 0.25) is 0 Å². The van der Waals surface area contributed by atoms with Crippen LogP contribution in [0.25, 0.3) is 0 Å². The van der Waals surface area contributed by atoms with Crippen LogP contribution in [0.4, 0.5) is 0 Å². The van der Waals surface area contributed by atoms with Crippen molar-refractivity contribution in [2.75, 3.05) is 0 Å². The number of halogens is 1. The number of nitrogens with two attached hydrogens (primary N) is 1. The van der Waals surface area contributed by atoms with E-state index in [1.807, 2.05) is 25.1 Å². The van der Waals surface area contributed by atoms with Crippen molar-refractivity contribution in [3.8, 4) is 0 Å². The molecule has 2 rings (SSSR count). The molecule has 0 fully saturated rings. The summed E-state index contributed by atoms with van der Waals surface area (Å²) >= 11 is 6.64. The summed E-state index contributed by atoms with van der Waals surface area (Å²) in [6.45, 7) is 2.48. The van der Waals surface area contributed by atoms with Crippen LogP contribution in [0, 0.1) is 6.92 Å². The van der Waals surface area contributed by atoms with Crippen LogP contribution in [0.3, 0.4) is 0 Å². The predicted octanol–water partition coefficient (Wildman–Crippen LogP) is 3.22. The van der Waals surface area contributed by atoms with Crippen LogP contribution >= 0.6 is 39.0 Å². The quantitative estimate of drug-likeness (QED) is 0.944. The molecule has 0 spiro atoms. The Balaban J connectivity index is 2.27. The zero-order chi connectivity index (χ0) is 11.5. The predicted molar refractivity (Wildman–Crippen MR) is 70.8 cm³/mol. The molecule has 1 aromatic carbocycles. The van der Waals surface area contributed by atoms with Crippen molar-refractivity contribution in [1.29, 1.82) is 0 Å². The molecule has 0 aliphatic rings. The highest BCUT2D eigenvalue weighted by atomic mass is 79.9. The molecule has 0 unspecified atom stereocenters. The summed E-state index contributed by atoms with van der Waals surface area (Å²) < 4.78 is 2.00. The third-order valence-corrected chi connectivity index (χ3v) is 4.45. The molecule has 2 N–H and O–H groups in total. The van der Waals surface area contributed by atoms with E-state index in [-0.39, 0.29) is 0 Å². The molecule has 16 heavy (non-hydrogen) atoms. The molecule has 3 nitrogen and oxygen atoms in total. The van der Waals surface area contributed by atoms with Crippen LogP contribution in [0.2, 0.25) is 0 Å². The lowest BCUT2D eigenvalue weighted by Crippen LogP contribution is -1.98. The summed E-state index contributed by atoms with van der Waals surface area (Å²) in [5.41, 5.74) is 6.83. The fourth-order valence-corrected chi connectivity index (χ4v) is 3.52. The lowest BCUT2D eigenvalue weighted by Gasteiger charge is -2.05. The fraction of sp³-hybridized carbons (Fsp3) is 0.200. The van der Waals surface area contributed by atoms with E-state index < -0.39 is 0 Å². The molecule has 1 aromatic heterocycles. The molecule has 0 saturated heterocycles. The van der Waals surface area contributed by atoms with Crippen LogP contribution in [0.1, 0.15) is 10.6 Å². The first kappa shape index (κ1) is 12.0. The van der Waals surface area contributed by atoms with E-state index in [0.29, 0.717) is 6.54 Å². The van der Waals surface area contributed by atoms with Gasteiger partial charge in [0, 0.05) is 15.9 Å². The number of nitrogens with zero attached hydrogens (tertiary/aromatic N) is 2. The van der Waals surface area contributed by atoms with Crippen molar-refractivity contribution in [2.24, 2.45) is 5.73 Å². The van der Waals surface area contributed by atoms with Gasteiger partial charge in [-0.15, -0.1) is 10.2 Å². The van der Waals surface area contributed by atoms with E-state index >= 15 is 0 Å².